The zero-order valence-corrected chi connectivity index (χ0v) is 21.9. The number of amides is 1. The smallest absolute Gasteiger partial charge is 0.250 e. The molecule has 1 amide bonds. The van der Waals surface area contributed by atoms with Gasteiger partial charge in [0.15, 0.2) is 5.66 Å². The van der Waals surface area contributed by atoms with Crippen molar-refractivity contribution < 1.29 is 14.4 Å². The number of phenols is 1. The fourth-order valence-corrected chi connectivity index (χ4v) is 5.03. The van der Waals surface area contributed by atoms with Crippen molar-refractivity contribution in [3.8, 4) is 17.1 Å². The third kappa shape index (κ3) is 4.04. The van der Waals surface area contributed by atoms with Gasteiger partial charge in [-0.1, -0.05) is 29.9 Å². The Kier molecular flexibility index (Phi) is 5.56. The molecule has 2 aliphatic heterocycles. The number of hydrogen-bond donors (Lipinski definition) is 4. The first-order valence-corrected chi connectivity index (χ1v) is 12.7. The molecule has 3 heterocycles. The predicted molar refractivity (Wildman–Crippen MR) is 149 cm³/mol. The van der Waals surface area contributed by atoms with Crippen LogP contribution >= 0.6 is 0 Å². The van der Waals surface area contributed by atoms with Crippen LogP contribution in [-0.4, -0.2) is 45.1 Å². The molecule has 10 nitrogen and oxygen atoms in total. The maximum absolute atomic E-state index is 12.1. The van der Waals surface area contributed by atoms with Gasteiger partial charge in [0, 0.05) is 35.4 Å². The summed E-state index contributed by atoms with van der Waals surface area (Å²) in [5.74, 6) is 1.56. The normalized spacial score (nSPS) is 20.2. The van der Waals surface area contributed by atoms with Gasteiger partial charge in [0.05, 0.1) is 17.6 Å². The van der Waals surface area contributed by atoms with E-state index in [1.54, 1.807) is 25.4 Å². The topological polar surface area (TPSA) is 142 Å². The number of hydrogen-bond acceptors (Lipinski definition) is 9. The van der Waals surface area contributed by atoms with Crippen molar-refractivity contribution in [1.82, 2.24) is 20.4 Å². The number of fused-ring (bicyclic) bond motifs is 1. The summed E-state index contributed by atoms with van der Waals surface area (Å²) in [4.78, 5) is 23.4. The highest BCUT2D eigenvalue weighted by molar-refractivity contribution is 6.05. The number of aromatic hydroxyl groups is 1. The number of nitrogens with two attached hydrogens (primary N) is 1. The number of likely N-dealkylation sites (N-methyl/N-ethyl adjacent to an activating group) is 1. The van der Waals surface area contributed by atoms with Crippen molar-refractivity contribution in [2.75, 3.05) is 12.4 Å². The highest BCUT2D eigenvalue weighted by Gasteiger charge is 2.47. The van der Waals surface area contributed by atoms with Crippen LogP contribution in [0.15, 0.2) is 75.5 Å². The van der Waals surface area contributed by atoms with Crippen LogP contribution in [0.5, 0.6) is 5.75 Å². The van der Waals surface area contributed by atoms with Crippen molar-refractivity contribution in [3.63, 3.8) is 0 Å². The number of carbonyl (C=O) groups excluding carboxylic acids is 1. The first-order chi connectivity index (χ1) is 18.7. The second-order valence-corrected chi connectivity index (χ2v) is 10.3. The van der Waals surface area contributed by atoms with Crippen molar-refractivity contribution >= 4 is 29.2 Å². The number of phenolic OH excluding ortho intramolecular Hbond substituents is 1. The lowest BCUT2D eigenvalue weighted by molar-refractivity contribution is -0.112. The molecular weight excluding hydrogens is 494 g/mol. The molecule has 1 aliphatic carbocycles. The third-order valence-electron chi connectivity index (χ3n) is 7.45. The van der Waals surface area contributed by atoms with Crippen LogP contribution in [0.1, 0.15) is 49.6 Å². The van der Waals surface area contributed by atoms with E-state index in [9.17, 15) is 9.90 Å². The van der Waals surface area contributed by atoms with Crippen LogP contribution in [0.25, 0.3) is 22.7 Å². The molecule has 6 rings (SSSR count). The lowest BCUT2D eigenvalue weighted by Crippen LogP contribution is -2.44. The lowest BCUT2D eigenvalue weighted by atomic mass is 9.89. The van der Waals surface area contributed by atoms with Gasteiger partial charge in [-0.25, -0.2) is 4.99 Å². The second-order valence-electron chi connectivity index (χ2n) is 10.3. The fourth-order valence-electron chi connectivity index (χ4n) is 5.03. The number of anilines is 1. The second kappa shape index (κ2) is 8.87. The molecule has 1 fully saturated rings. The number of rotatable bonds is 6. The van der Waals surface area contributed by atoms with Crippen molar-refractivity contribution in [2.24, 2.45) is 10.7 Å². The molecule has 1 saturated carbocycles. The van der Waals surface area contributed by atoms with Crippen LogP contribution in [-0.2, 0) is 4.79 Å². The van der Waals surface area contributed by atoms with Crippen LogP contribution in [0, 0.1) is 0 Å². The molecule has 0 saturated heterocycles. The van der Waals surface area contributed by atoms with Crippen LogP contribution in [0.3, 0.4) is 0 Å². The van der Waals surface area contributed by atoms with Gasteiger partial charge in [-0.2, -0.15) is 4.98 Å². The van der Waals surface area contributed by atoms with E-state index in [1.807, 2.05) is 44.3 Å². The standard InChI is InChI=1S/C29H29N7O3/c1-15(2)27(38)33-19-10-7-16(8-11-19)24-22(23-25(30)31-14-32-29(23,3)36(24)4)18-9-12-20(21(37)13-18)26-34-28(39-35-26)17-5-6-17/h7-14,17,37H,1,5-6,30H2,2-4H3,(H,31,32)(H,33,38). The molecule has 3 aromatic rings. The summed E-state index contributed by atoms with van der Waals surface area (Å²) in [5, 5.41) is 21.0. The molecule has 0 radical (unpaired) electrons. The molecule has 1 unspecified atom stereocenters. The summed E-state index contributed by atoms with van der Waals surface area (Å²) >= 11 is 0. The van der Waals surface area contributed by atoms with Gasteiger partial charge in [0.25, 0.3) is 5.91 Å². The van der Waals surface area contributed by atoms with Crippen molar-refractivity contribution in [2.45, 2.75) is 38.3 Å². The van der Waals surface area contributed by atoms with Gasteiger partial charge in [0.2, 0.25) is 11.7 Å². The minimum atomic E-state index is -0.770. The molecular formula is C29H29N7O3. The summed E-state index contributed by atoms with van der Waals surface area (Å²) in [7, 11) is 1.96. The third-order valence-corrected chi connectivity index (χ3v) is 7.45. The predicted octanol–water partition coefficient (Wildman–Crippen LogP) is 4.17. The Labute approximate surface area is 225 Å². The molecule has 5 N–H and O–H groups in total. The summed E-state index contributed by atoms with van der Waals surface area (Å²) in [6.45, 7) is 7.35. The van der Waals surface area contributed by atoms with E-state index in [0.29, 0.717) is 40.3 Å². The van der Waals surface area contributed by atoms with Gasteiger partial charge >= 0.3 is 0 Å². The average molecular weight is 524 g/mol. The van der Waals surface area contributed by atoms with Crippen LogP contribution in [0.4, 0.5) is 5.69 Å². The molecule has 198 valence electrons. The number of aliphatic imine (C=N–C) groups is 1. The summed E-state index contributed by atoms with van der Waals surface area (Å²) in [6.07, 6.45) is 3.69. The van der Waals surface area contributed by atoms with E-state index in [4.69, 9.17) is 15.2 Å². The highest BCUT2D eigenvalue weighted by Crippen LogP contribution is 2.52. The molecule has 1 aromatic heterocycles. The van der Waals surface area contributed by atoms with E-state index in [-0.39, 0.29) is 11.7 Å². The zero-order valence-electron chi connectivity index (χ0n) is 21.9. The Balaban J connectivity index is 1.45. The quantitative estimate of drug-likeness (QED) is 0.353. The van der Waals surface area contributed by atoms with E-state index < -0.39 is 5.66 Å². The van der Waals surface area contributed by atoms with Crippen LogP contribution < -0.4 is 16.4 Å². The number of nitrogens with one attached hydrogen (secondary N) is 2. The minimum Gasteiger partial charge on any atom is -0.507 e. The summed E-state index contributed by atoms with van der Waals surface area (Å²) in [6, 6.07) is 12.9. The van der Waals surface area contributed by atoms with Crippen molar-refractivity contribution in [1.29, 1.82) is 0 Å². The van der Waals surface area contributed by atoms with Gasteiger partial charge in [-0.15, -0.1) is 0 Å². The van der Waals surface area contributed by atoms with E-state index in [2.05, 4.69) is 32.3 Å². The summed E-state index contributed by atoms with van der Waals surface area (Å²) in [5.41, 5.74) is 11.5. The number of aromatic nitrogens is 2. The maximum atomic E-state index is 12.1. The van der Waals surface area contributed by atoms with Crippen LogP contribution in [0.2, 0.25) is 0 Å². The molecule has 39 heavy (non-hydrogen) atoms. The lowest BCUT2D eigenvalue weighted by Gasteiger charge is -2.35. The van der Waals surface area contributed by atoms with Gasteiger partial charge in [-0.05, 0) is 62.1 Å². The van der Waals surface area contributed by atoms with E-state index in [1.165, 1.54) is 0 Å². The molecule has 0 bridgehead atoms. The number of nitrogens with zero attached hydrogens (tertiary/aromatic N) is 4. The number of benzene rings is 2. The number of carbonyl (C=O) groups is 1. The Hall–Kier alpha value is -4.86. The molecule has 10 heteroatoms. The maximum Gasteiger partial charge on any atom is 0.250 e. The zero-order chi connectivity index (χ0) is 27.5. The first-order valence-electron chi connectivity index (χ1n) is 12.7. The highest BCUT2D eigenvalue weighted by atomic mass is 16.5. The average Bonchev–Trinajstić information content (AvgIpc) is 3.59. The van der Waals surface area contributed by atoms with Gasteiger partial charge in [0.1, 0.15) is 11.6 Å². The molecule has 2 aromatic carbocycles. The fraction of sp³-hybridized carbons (Fsp3) is 0.241. The summed E-state index contributed by atoms with van der Waals surface area (Å²) < 4.78 is 5.39. The molecule has 3 aliphatic rings. The Morgan fingerprint density at radius 2 is 1.95 bits per heavy atom. The van der Waals surface area contributed by atoms with E-state index in [0.717, 1.165) is 40.8 Å². The molecule has 1 atom stereocenters. The van der Waals surface area contributed by atoms with E-state index >= 15 is 0 Å². The Morgan fingerprint density at radius 1 is 1.23 bits per heavy atom. The van der Waals surface area contributed by atoms with Gasteiger partial charge < -0.3 is 30.9 Å². The van der Waals surface area contributed by atoms with Gasteiger partial charge in [-0.3, -0.25) is 4.79 Å². The SMILES string of the molecule is C=C(C)C(=O)Nc1ccc(C2=C(c3ccc(-c4noc(C5CC5)n4)c(O)c3)C3=C(N)NC=NC3(C)N2C)cc1. The Bertz CT molecular complexity index is 1610. The largest absolute Gasteiger partial charge is 0.507 e. The molecule has 0 spiro atoms. The minimum absolute atomic E-state index is 0.0306. The van der Waals surface area contributed by atoms with Crippen molar-refractivity contribution in [3.05, 3.63) is 83.0 Å². The first kappa shape index (κ1) is 24.5. The monoisotopic (exact) mass is 523 g/mol. The Morgan fingerprint density at radius 3 is 2.62 bits per heavy atom.